The minimum atomic E-state index is -0.234. The number of anilines is 1. The number of piperazine rings is 1. The topological polar surface area (TPSA) is 110 Å². The van der Waals surface area contributed by atoms with Gasteiger partial charge < -0.3 is 20.2 Å². The van der Waals surface area contributed by atoms with Gasteiger partial charge in [0, 0.05) is 35.3 Å². The highest BCUT2D eigenvalue weighted by Gasteiger charge is 2.32. The predicted molar refractivity (Wildman–Crippen MR) is 128 cm³/mol. The smallest absolute Gasteiger partial charge is 0.254 e. The third-order valence-corrected chi connectivity index (χ3v) is 6.48. The molecule has 2 aliphatic rings. The molecule has 8 nitrogen and oxygen atoms in total. The first kappa shape index (κ1) is 20.9. The van der Waals surface area contributed by atoms with E-state index in [4.69, 9.17) is 5.41 Å². The molecule has 0 unspecified atom stereocenters. The van der Waals surface area contributed by atoms with Crippen molar-refractivity contribution in [1.29, 1.82) is 5.41 Å². The Morgan fingerprint density at radius 2 is 1.94 bits per heavy atom. The average Bonchev–Trinajstić information content (AvgIpc) is 3.43. The zero-order valence-corrected chi connectivity index (χ0v) is 18.4. The lowest BCUT2D eigenvalue weighted by molar-refractivity contribution is -0.123. The highest BCUT2D eigenvalue weighted by molar-refractivity contribution is 7.11. The lowest BCUT2D eigenvalue weighted by Crippen LogP contribution is -2.50. The van der Waals surface area contributed by atoms with E-state index in [9.17, 15) is 14.7 Å². The largest absolute Gasteiger partial charge is 0.510 e. The first-order valence-corrected chi connectivity index (χ1v) is 11.3. The highest BCUT2D eigenvalue weighted by Crippen LogP contribution is 2.34. The van der Waals surface area contributed by atoms with Gasteiger partial charge in [0.2, 0.25) is 5.91 Å². The fourth-order valence-corrected chi connectivity index (χ4v) is 4.85. The van der Waals surface area contributed by atoms with Crippen molar-refractivity contribution in [2.75, 3.05) is 31.1 Å². The fraction of sp³-hybridized carbons (Fsp3) is 0.167. The predicted octanol–water partition coefficient (Wildman–Crippen LogP) is 3.15. The molecule has 0 radical (unpaired) electrons. The monoisotopic (exact) mass is 459 g/mol. The van der Waals surface area contributed by atoms with Crippen molar-refractivity contribution in [3.63, 3.8) is 0 Å². The van der Waals surface area contributed by atoms with E-state index in [2.05, 4.69) is 10.3 Å². The van der Waals surface area contributed by atoms with Crippen molar-refractivity contribution in [2.45, 2.75) is 0 Å². The van der Waals surface area contributed by atoms with Gasteiger partial charge in [-0.1, -0.05) is 36.4 Å². The number of amides is 2. The van der Waals surface area contributed by atoms with Crippen LogP contribution in [0.1, 0.15) is 15.4 Å². The van der Waals surface area contributed by atoms with Crippen molar-refractivity contribution in [3.8, 4) is 11.3 Å². The van der Waals surface area contributed by atoms with E-state index in [-0.39, 0.29) is 36.5 Å². The van der Waals surface area contributed by atoms with Crippen LogP contribution >= 0.6 is 11.3 Å². The van der Waals surface area contributed by atoms with Crippen LogP contribution in [0.4, 0.5) is 5.69 Å². The quantitative estimate of drug-likeness (QED) is 0.555. The maximum atomic E-state index is 12.9. The maximum absolute atomic E-state index is 12.9. The number of carbonyl (C=O) groups is 2. The first-order valence-electron chi connectivity index (χ1n) is 10.5. The zero-order chi connectivity index (χ0) is 22.9. The molecule has 3 aromatic rings. The van der Waals surface area contributed by atoms with Crippen LogP contribution in [0.15, 0.2) is 65.7 Å². The highest BCUT2D eigenvalue weighted by atomic mass is 32.1. The average molecular weight is 460 g/mol. The number of rotatable bonds is 4. The summed E-state index contributed by atoms with van der Waals surface area (Å²) in [7, 11) is 0. The Morgan fingerprint density at radius 1 is 1.12 bits per heavy atom. The number of thiazole rings is 1. The molecule has 9 heteroatoms. The second-order valence-electron chi connectivity index (χ2n) is 7.79. The molecule has 1 fully saturated rings. The van der Waals surface area contributed by atoms with Gasteiger partial charge in [0.05, 0.1) is 24.4 Å². The van der Waals surface area contributed by atoms with Crippen LogP contribution in [-0.4, -0.2) is 58.8 Å². The van der Waals surface area contributed by atoms with Gasteiger partial charge >= 0.3 is 0 Å². The number of hydrogen-bond acceptors (Lipinski definition) is 6. The van der Waals surface area contributed by atoms with Gasteiger partial charge in [-0.15, -0.1) is 11.3 Å². The SMILES string of the molecule is N=C1C(c2nc(-c3ccccc3)cs2)=C(O)CN1c1cccc(C(=O)N2CCNC(=O)C2)c1. The summed E-state index contributed by atoms with van der Waals surface area (Å²) < 4.78 is 0. The molecule has 5 rings (SSSR count). The van der Waals surface area contributed by atoms with Gasteiger partial charge in [-0.3, -0.25) is 15.0 Å². The van der Waals surface area contributed by atoms with E-state index in [0.717, 1.165) is 11.3 Å². The maximum Gasteiger partial charge on any atom is 0.254 e. The molecule has 2 aliphatic heterocycles. The van der Waals surface area contributed by atoms with Crippen molar-refractivity contribution >= 4 is 40.2 Å². The van der Waals surface area contributed by atoms with Gasteiger partial charge in [-0.25, -0.2) is 4.98 Å². The third kappa shape index (κ3) is 3.98. The number of amidine groups is 1. The molecule has 166 valence electrons. The molecule has 1 saturated heterocycles. The van der Waals surface area contributed by atoms with Gasteiger partial charge in [-0.05, 0) is 18.2 Å². The fourth-order valence-electron chi connectivity index (χ4n) is 3.96. The Labute approximate surface area is 194 Å². The van der Waals surface area contributed by atoms with Crippen LogP contribution in [0.25, 0.3) is 16.8 Å². The zero-order valence-electron chi connectivity index (χ0n) is 17.6. The second-order valence-corrected chi connectivity index (χ2v) is 8.65. The Bertz CT molecular complexity index is 1280. The van der Waals surface area contributed by atoms with E-state index in [1.165, 1.54) is 16.2 Å². The van der Waals surface area contributed by atoms with Crippen molar-refractivity contribution in [1.82, 2.24) is 15.2 Å². The van der Waals surface area contributed by atoms with E-state index in [1.54, 1.807) is 29.2 Å². The number of benzene rings is 2. The molecule has 2 aromatic carbocycles. The molecule has 0 atom stereocenters. The molecular weight excluding hydrogens is 438 g/mol. The van der Waals surface area contributed by atoms with Gasteiger partial charge in [0.25, 0.3) is 5.91 Å². The Balaban J connectivity index is 1.38. The lowest BCUT2D eigenvalue weighted by Gasteiger charge is -2.27. The number of carbonyl (C=O) groups excluding carboxylic acids is 2. The van der Waals surface area contributed by atoms with Gasteiger partial charge in [0.15, 0.2) is 0 Å². The van der Waals surface area contributed by atoms with Crippen molar-refractivity contribution in [3.05, 3.63) is 76.3 Å². The third-order valence-electron chi connectivity index (χ3n) is 5.62. The lowest BCUT2D eigenvalue weighted by atomic mass is 10.1. The van der Waals surface area contributed by atoms with E-state index in [1.807, 2.05) is 35.7 Å². The van der Waals surface area contributed by atoms with Crippen LogP contribution < -0.4 is 10.2 Å². The minimum absolute atomic E-state index is 0.0306. The molecule has 0 aliphatic carbocycles. The first-order chi connectivity index (χ1) is 16.0. The summed E-state index contributed by atoms with van der Waals surface area (Å²) in [5.41, 5.74) is 3.21. The number of nitrogens with zero attached hydrogens (tertiary/aromatic N) is 3. The second kappa shape index (κ2) is 8.51. The Kier molecular flexibility index (Phi) is 5.39. The number of aromatic nitrogens is 1. The summed E-state index contributed by atoms with van der Waals surface area (Å²) in [5.74, 6) is -0.215. The normalized spacial score (nSPS) is 16.4. The minimum Gasteiger partial charge on any atom is -0.510 e. The van der Waals surface area contributed by atoms with Crippen LogP contribution in [0.2, 0.25) is 0 Å². The summed E-state index contributed by atoms with van der Waals surface area (Å²) in [6, 6.07) is 16.7. The summed E-state index contributed by atoms with van der Waals surface area (Å²) in [6.45, 7) is 1.04. The van der Waals surface area contributed by atoms with Crippen LogP contribution in [0.3, 0.4) is 0 Å². The number of aliphatic hydroxyl groups is 1. The van der Waals surface area contributed by atoms with E-state index >= 15 is 0 Å². The Morgan fingerprint density at radius 3 is 2.73 bits per heavy atom. The van der Waals surface area contributed by atoms with Crippen LogP contribution in [0.5, 0.6) is 0 Å². The van der Waals surface area contributed by atoms with Crippen LogP contribution in [-0.2, 0) is 4.79 Å². The van der Waals surface area contributed by atoms with E-state index in [0.29, 0.717) is 34.9 Å². The summed E-state index contributed by atoms with van der Waals surface area (Å²) in [5, 5.41) is 24.6. The van der Waals surface area contributed by atoms with Gasteiger partial charge in [-0.2, -0.15) is 0 Å². The number of aliphatic hydroxyl groups excluding tert-OH is 1. The molecule has 3 N–H and O–H groups in total. The molecular formula is C24H21N5O3S. The van der Waals surface area contributed by atoms with Crippen molar-refractivity contribution in [2.24, 2.45) is 0 Å². The van der Waals surface area contributed by atoms with E-state index < -0.39 is 0 Å². The molecule has 0 spiro atoms. The number of hydrogen-bond donors (Lipinski definition) is 3. The summed E-state index contributed by atoms with van der Waals surface area (Å²) in [4.78, 5) is 32.3. The Hall–Kier alpha value is -3.98. The van der Waals surface area contributed by atoms with Crippen molar-refractivity contribution < 1.29 is 14.7 Å². The molecule has 1 aromatic heterocycles. The standard InChI is InChI=1S/C24H21N5O3S/c25-22-21(23-27-18(14-33-23)15-5-2-1-3-6-15)19(30)12-29(22)17-8-4-7-16(11-17)24(32)28-10-9-26-20(31)13-28/h1-8,11,14,25,30H,9-10,12-13H2,(H,26,31). The molecule has 33 heavy (non-hydrogen) atoms. The van der Waals surface area contributed by atoms with Gasteiger partial charge in [0.1, 0.15) is 16.6 Å². The molecule has 0 saturated carbocycles. The van der Waals surface area contributed by atoms with Crippen LogP contribution in [0, 0.1) is 5.41 Å². The number of nitrogens with one attached hydrogen (secondary N) is 2. The summed E-state index contributed by atoms with van der Waals surface area (Å²) in [6.07, 6.45) is 0. The molecule has 2 amide bonds. The molecule has 3 heterocycles. The molecule has 0 bridgehead atoms. The summed E-state index contributed by atoms with van der Waals surface area (Å²) >= 11 is 1.38.